The highest BCUT2D eigenvalue weighted by atomic mass is 16.6. The molecule has 45 heavy (non-hydrogen) atoms. The Morgan fingerprint density at radius 2 is 0.733 bits per heavy atom. The summed E-state index contributed by atoms with van der Waals surface area (Å²) in [5.74, 6) is -1.46. The number of hydrogen-bond acceptors (Lipinski definition) is 7. The monoisotopic (exact) mass is 638 g/mol. The molecule has 0 atom stereocenters. The molecule has 11 nitrogen and oxygen atoms in total. The van der Waals surface area contributed by atoms with Crippen LogP contribution in [0.5, 0.6) is 5.75 Å². The number of quaternary nitrogens is 1. The molecular weight excluding hydrogens is 576 g/mol. The molecule has 0 saturated heterocycles. The number of rotatable bonds is 27. The van der Waals surface area contributed by atoms with Gasteiger partial charge in [-0.05, 0) is 51.4 Å². The summed E-state index contributed by atoms with van der Waals surface area (Å²) in [6.07, 6.45) is 28.8. The molecule has 0 N–H and O–H groups in total. The van der Waals surface area contributed by atoms with E-state index in [0.717, 1.165) is 0 Å². The molecule has 260 valence electrons. The van der Waals surface area contributed by atoms with Gasteiger partial charge < -0.3 is 9.59 Å². The molecule has 0 radical (unpaired) electrons. The van der Waals surface area contributed by atoms with Crippen LogP contribution in [0.3, 0.4) is 0 Å². The van der Waals surface area contributed by atoms with Crippen LogP contribution in [0.15, 0.2) is 12.1 Å². The third-order valence-electron chi connectivity index (χ3n) is 8.58. The fraction of sp³-hybridized carbons (Fsp3) is 0.824. The van der Waals surface area contributed by atoms with Crippen molar-refractivity contribution >= 4 is 17.1 Å². The van der Waals surface area contributed by atoms with Gasteiger partial charge in [-0.1, -0.05) is 105 Å². The van der Waals surface area contributed by atoms with E-state index in [-0.39, 0.29) is 0 Å². The molecule has 0 bridgehead atoms. The molecule has 0 aliphatic rings. The second-order valence-corrected chi connectivity index (χ2v) is 12.5. The molecule has 0 unspecified atom stereocenters. The average Bonchev–Trinajstić information content (AvgIpc) is 3.00. The van der Waals surface area contributed by atoms with Crippen LogP contribution in [0.25, 0.3) is 0 Å². The van der Waals surface area contributed by atoms with E-state index < -0.39 is 37.6 Å². The SMILES string of the molecule is CCCCCCC[N+](CCCCCCC)(CCCCCCC)CCCCCCC.O=[N+]([O-])c1cc([N+](=O)[O-])c([O-])c([N+](=O)[O-])c1. The molecule has 0 aromatic heterocycles. The second kappa shape index (κ2) is 26.4. The summed E-state index contributed by atoms with van der Waals surface area (Å²) in [6, 6.07) is 0.769. The molecular formula is C34H62N4O7. The first-order chi connectivity index (χ1) is 21.6. The Hall–Kier alpha value is -2.82. The second-order valence-electron chi connectivity index (χ2n) is 12.5. The maximum atomic E-state index is 11.1. The van der Waals surface area contributed by atoms with Crippen LogP contribution in [0.1, 0.15) is 156 Å². The fourth-order valence-electron chi connectivity index (χ4n) is 5.83. The van der Waals surface area contributed by atoms with Crippen LogP contribution >= 0.6 is 0 Å². The zero-order valence-electron chi connectivity index (χ0n) is 28.8. The number of non-ortho nitro benzene ring substituents is 1. The molecule has 0 heterocycles. The summed E-state index contributed by atoms with van der Waals surface area (Å²) >= 11 is 0. The molecule has 0 aliphatic heterocycles. The number of nitro benzene ring substituents is 3. The Kier molecular flexibility index (Phi) is 24.7. The standard InChI is InChI=1S/C28H60N.C6H3N3O7/c1-5-9-13-17-21-25-29(26-22-18-14-10-6-2,27-23-19-15-11-7-3)28-24-20-16-12-8-4;10-6-4(8(13)14)1-3(7(11)12)2-5(6)9(15)16/h5-28H2,1-4H3;1-2,10H/q+1;/p-1. The van der Waals surface area contributed by atoms with Gasteiger partial charge in [0.05, 0.1) is 58.8 Å². The van der Waals surface area contributed by atoms with E-state index in [1.165, 1.54) is 159 Å². The molecule has 0 spiro atoms. The van der Waals surface area contributed by atoms with Gasteiger partial charge in [-0.3, -0.25) is 30.3 Å². The molecule has 0 aliphatic carbocycles. The Morgan fingerprint density at radius 1 is 0.467 bits per heavy atom. The van der Waals surface area contributed by atoms with Crippen LogP contribution in [-0.4, -0.2) is 45.4 Å². The fourth-order valence-corrected chi connectivity index (χ4v) is 5.83. The van der Waals surface area contributed by atoms with Crippen molar-refractivity contribution in [2.45, 2.75) is 156 Å². The quantitative estimate of drug-likeness (QED) is 0.0402. The van der Waals surface area contributed by atoms with Gasteiger partial charge in [0.2, 0.25) is 0 Å². The van der Waals surface area contributed by atoms with E-state index in [2.05, 4.69) is 27.7 Å². The van der Waals surface area contributed by atoms with Gasteiger partial charge in [0.25, 0.3) is 17.1 Å². The van der Waals surface area contributed by atoms with Crippen LogP contribution in [-0.2, 0) is 0 Å². The third-order valence-corrected chi connectivity index (χ3v) is 8.58. The molecule has 0 saturated carbocycles. The average molecular weight is 639 g/mol. The summed E-state index contributed by atoms with van der Waals surface area (Å²) in [6.45, 7) is 15.2. The van der Waals surface area contributed by atoms with Gasteiger partial charge in [-0.25, -0.2) is 0 Å². The molecule has 1 rings (SSSR count). The van der Waals surface area contributed by atoms with E-state index in [0.29, 0.717) is 12.1 Å². The molecule has 1 aromatic carbocycles. The van der Waals surface area contributed by atoms with E-state index in [9.17, 15) is 35.4 Å². The molecule has 11 heteroatoms. The lowest BCUT2D eigenvalue weighted by molar-refractivity contribution is -0.929. The zero-order valence-corrected chi connectivity index (χ0v) is 28.8. The minimum absolute atomic E-state index is 0.384. The first-order valence-electron chi connectivity index (χ1n) is 17.7. The van der Waals surface area contributed by atoms with Crippen molar-refractivity contribution in [2.24, 2.45) is 0 Å². The maximum Gasteiger partial charge on any atom is 0.283 e. The summed E-state index contributed by atoms with van der Waals surface area (Å²) in [7, 11) is 0. The summed E-state index contributed by atoms with van der Waals surface area (Å²) < 4.78 is 1.47. The maximum absolute atomic E-state index is 11.1. The first-order valence-corrected chi connectivity index (χ1v) is 17.7. The van der Waals surface area contributed by atoms with E-state index in [4.69, 9.17) is 0 Å². The lowest BCUT2D eigenvalue weighted by Crippen LogP contribution is -2.50. The summed E-state index contributed by atoms with van der Waals surface area (Å²) in [5, 5.41) is 42.1. The van der Waals surface area contributed by atoms with Gasteiger partial charge in [0.1, 0.15) is 0 Å². The highest BCUT2D eigenvalue weighted by molar-refractivity contribution is 5.64. The molecule has 0 fully saturated rings. The predicted molar refractivity (Wildman–Crippen MR) is 181 cm³/mol. The smallest absolute Gasteiger partial charge is 0.283 e. The van der Waals surface area contributed by atoms with Crippen LogP contribution in [0.4, 0.5) is 17.1 Å². The predicted octanol–water partition coefficient (Wildman–Crippen LogP) is 10.2. The first kappa shape index (κ1) is 42.2. The molecule has 1 aromatic rings. The van der Waals surface area contributed by atoms with E-state index >= 15 is 0 Å². The van der Waals surface area contributed by atoms with Crippen molar-refractivity contribution in [1.82, 2.24) is 0 Å². The Morgan fingerprint density at radius 3 is 0.956 bits per heavy atom. The zero-order chi connectivity index (χ0) is 33.9. The summed E-state index contributed by atoms with van der Waals surface area (Å²) in [5.41, 5.74) is -3.26. The van der Waals surface area contributed by atoms with Crippen LogP contribution in [0.2, 0.25) is 0 Å². The van der Waals surface area contributed by atoms with Gasteiger partial charge >= 0.3 is 0 Å². The lowest BCUT2D eigenvalue weighted by Gasteiger charge is -2.39. The number of nitro groups is 3. The Bertz CT molecular complexity index is 862. The largest absolute Gasteiger partial charge is 0.863 e. The highest BCUT2D eigenvalue weighted by Gasteiger charge is 2.26. The number of unbranched alkanes of at least 4 members (excludes halogenated alkanes) is 16. The van der Waals surface area contributed by atoms with Crippen LogP contribution < -0.4 is 5.11 Å². The van der Waals surface area contributed by atoms with Crippen molar-refractivity contribution in [3.8, 4) is 5.75 Å². The van der Waals surface area contributed by atoms with Gasteiger partial charge in [-0.15, -0.1) is 0 Å². The van der Waals surface area contributed by atoms with Crippen molar-refractivity contribution in [1.29, 1.82) is 0 Å². The Balaban J connectivity index is 0.00000101. The van der Waals surface area contributed by atoms with Crippen molar-refractivity contribution < 1.29 is 24.4 Å². The van der Waals surface area contributed by atoms with Crippen LogP contribution in [0, 0.1) is 30.3 Å². The third kappa shape index (κ3) is 19.3. The van der Waals surface area contributed by atoms with E-state index in [1.807, 2.05) is 0 Å². The van der Waals surface area contributed by atoms with E-state index in [1.54, 1.807) is 0 Å². The number of hydrogen-bond donors (Lipinski definition) is 0. The van der Waals surface area contributed by atoms with Gasteiger partial charge in [0.15, 0.2) is 0 Å². The highest BCUT2D eigenvalue weighted by Crippen LogP contribution is 2.36. The molecule has 0 amide bonds. The lowest BCUT2D eigenvalue weighted by atomic mass is 10.1. The minimum Gasteiger partial charge on any atom is -0.863 e. The van der Waals surface area contributed by atoms with Crippen molar-refractivity contribution in [2.75, 3.05) is 26.2 Å². The number of benzene rings is 1. The van der Waals surface area contributed by atoms with Gasteiger partial charge in [-0.2, -0.15) is 0 Å². The Labute approximate surface area is 271 Å². The number of nitrogens with zero attached hydrogens (tertiary/aromatic N) is 4. The summed E-state index contributed by atoms with van der Waals surface area (Å²) in [4.78, 5) is 27.5. The van der Waals surface area contributed by atoms with Crippen molar-refractivity contribution in [3.63, 3.8) is 0 Å². The van der Waals surface area contributed by atoms with Crippen molar-refractivity contribution in [3.05, 3.63) is 42.5 Å². The van der Waals surface area contributed by atoms with Gasteiger partial charge in [0, 0.05) is 0 Å². The minimum atomic E-state index is -1.46. The normalized spacial score (nSPS) is 11.2. The topological polar surface area (TPSA) is 152 Å².